The summed E-state index contributed by atoms with van der Waals surface area (Å²) >= 11 is 5.46. The summed E-state index contributed by atoms with van der Waals surface area (Å²) in [7, 11) is 0.381. The molecule has 0 fully saturated rings. The average Bonchev–Trinajstić information content (AvgIpc) is 2.13. The van der Waals surface area contributed by atoms with Gasteiger partial charge >= 0.3 is 12.3 Å². The van der Waals surface area contributed by atoms with Gasteiger partial charge in [-0.2, -0.15) is 8.78 Å². The van der Waals surface area contributed by atoms with Crippen LogP contribution in [0.4, 0.5) is 14.5 Å². The van der Waals surface area contributed by atoms with E-state index in [1.54, 1.807) is 0 Å². The van der Waals surface area contributed by atoms with E-state index in [9.17, 15) is 27.3 Å². The summed E-state index contributed by atoms with van der Waals surface area (Å²) in [6, 6.07) is 1.57. The standard InChI is InChI=1S/C7H3Cl2F2NO5S/c8-3-1-2-4(12(13)14)5(17-7(10)11)6(3)18(9,15)16/h1-2,7H. The van der Waals surface area contributed by atoms with Gasteiger partial charge in [-0.15, -0.1) is 0 Å². The van der Waals surface area contributed by atoms with Crippen molar-refractivity contribution in [3.8, 4) is 5.75 Å². The minimum atomic E-state index is -4.59. The molecule has 0 atom stereocenters. The molecule has 0 aliphatic rings. The van der Waals surface area contributed by atoms with Crippen LogP contribution in [-0.2, 0) is 9.05 Å². The Labute approximate surface area is 109 Å². The van der Waals surface area contributed by atoms with Gasteiger partial charge in [-0.3, -0.25) is 10.1 Å². The Bertz CT molecular complexity index is 592. The third kappa shape index (κ3) is 3.18. The van der Waals surface area contributed by atoms with Crippen LogP contribution in [0.5, 0.6) is 5.75 Å². The zero-order chi connectivity index (χ0) is 14.1. The molecule has 0 aromatic heterocycles. The highest BCUT2D eigenvalue weighted by Gasteiger charge is 2.31. The molecule has 0 amide bonds. The largest absolute Gasteiger partial charge is 0.426 e. The van der Waals surface area contributed by atoms with Gasteiger partial charge in [-0.25, -0.2) is 8.42 Å². The highest BCUT2D eigenvalue weighted by molar-refractivity contribution is 8.14. The van der Waals surface area contributed by atoms with Gasteiger partial charge in [0, 0.05) is 16.7 Å². The Hall–Kier alpha value is -1.19. The minimum absolute atomic E-state index is 0.564. The van der Waals surface area contributed by atoms with E-state index in [-0.39, 0.29) is 0 Å². The lowest BCUT2D eigenvalue weighted by molar-refractivity contribution is -0.386. The minimum Gasteiger partial charge on any atom is -0.426 e. The SMILES string of the molecule is O=[N+]([O-])c1ccc(Cl)c(S(=O)(=O)Cl)c1OC(F)F. The lowest BCUT2D eigenvalue weighted by Gasteiger charge is -2.09. The van der Waals surface area contributed by atoms with Gasteiger partial charge in [0.05, 0.1) is 9.95 Å². The molecule has 0 bridgehead atoms. The fraction of sp³-hybridized carbons (Fsp3) is 0.143. The number of nitrogens with zero attached hydrogens (tertiary/aromatic N) is 1. The fourth-order valence-corrected chi connectivity index (χ4v) is 2.81. The third-order valence-electron chi connectivity index (χ3n) is 1.69. The number of nitro groups is 1. The second-order valence-corrected chi connectivity index (χ2v) is 5.71. The van der Waals surface area contributed by atoms with Gasteiger partial charge in [0.2, 0.25) is 5.75 Å². The highest BCUT2D eigenvalue weighted by Crippen LogP contribution is 2.41. The normalized spacial score (nSPS) is 11.6. The molecular formula is C7H3Cl2F2NO5S. The molecule has 0 unspecified atom stereocenters. The van der Waals surface area contributed by atoms with Crippen LogP contribution in [0.2, 0.25) is 5.02 Å². The van der Waals surface area contributed by atoms with Crippen molar-refractivity contribution in [3.05, 3.63) is 27.3 Å². The van der Waals surface area contributed by atoms with E-state index in [0.29, 0.717) is 0 Å². The van der Waals surface area contributed by atoms with Gasteiger partial charge in [-0.1, -0.05) is 11.6 Å². The highest BCUT2D eigenvalue weighted by atomic mass is 35.7. The lowest BCUT2D eigenvalue weighted by atomic mass is 10.3. The summed E-state index contributed by atoms with van der Waals surface area (Å²) < 4.78 is 50.4. The molecule has 0 heterocycles. The number of alkyl halides is 2. The number of benzene rings is 1. The summed E-state index contributed by atoms with van der Waals surface area (Å²) in [5.41, 5.74) is -0.987. The van der Waals surface area contributed by atoms with Crippen molar-refractivity contribution in [2.24, 2.45) is 0 Å². The van der Waals surface area contributed by atoms with Crippen LogP contribution in [0.3, 0.4) is 0 Å². The first-order valence-corrected chi connectivity index (χ1v) is 6.69. The van der Waals surface area contributed by atoms with Crippen molar-refractivity contribution >= 4 is 37.0 Å². The maximum absolute atomic E-state index is 12.1. The van der Waals surface area contributed by atoms with Gasteiger partial charge in [0.1, 0.15) is 0 Å². The molecule has 0 saturated carbocycles. The summed E-state index contributed by atoms with van der Waals surface area (Å²) in [5.74, 6) is -1.20. The molecule has 0 aliphatic heterocycles. The van der Waals surface area contributed by atoms with Gasteiger partial charge in [0.25, 0.3) is 9.05 Å². The Kier molecular flexibility index (Phi) is 4.30. The smallest absolute Gasteiger partial charge is 0.387 e. The zero-order valence-corrected chi connectivity index (χ0v) is 10.5. The van der Waals surface area contributed by atoms with Crippen molar-refractivity contribution in [1.82, 2.24) is 0 Å². The molecule has 1 rings (SSSR count). The first-order valence-electron chi connectivity index (χ1n) is 4.01. The molecule has 100 valence electrons. The van der Waals surface area contributed by atoms with Crippen molar-refractivity contribution in [2.45, 2.75) is 11.5 Å². The maximum Gasteiger partial charge on any atom is 0.387 e. The average molecular weight is 322 g/mol. The molecule has 18 heavy (non-hydrogen) atoms. The van der Waals surface area contributed by atoms with E-state index < -0.39 is 41.9 Å². The number of ether oxygens (including phenoxy) is 1. The monoisotopic (exact) mass is 321 g/mol. The molecule has 0 aliphatic carbocycles. The molecule has 1 aromatic rings. The summed E-state index contributed by atoms with van der Waals surface area (Å²) in [6.45, 7) is -3.47. The lowest BCUT2D eigenvalue weighted by Crippen LogP contribution is -2.08. The number of rotatable bonds is 4. The van der Waals surface area contributed by atoms with Crippen LogP contribution < -0.4 is 4.74 Å². The van der Waals surface area contributed by atoms with Crippen molar-refractivity contribution in [2.75, 3.05) is 0 Å². The number of hydrogen-bond donors (Lipinski definition) is 0. The third-order valence-corrected chi connectivity index (χ3v) is 3.47. The second-order valence-electron chi connectivity index (χ2n) is 2.80. The number of nitro benzene ring substituents is 1. The van der Waals surface area contributed by atoms with Crippen molar-refractivity contribution in [3.63, 3.8) is 0 Å². The van der Waals surface area contributed by atoms with Crippen molar-refractivity contribution in [1.29, 1.82) is 0 Å². The Morgan fingerprint density at radius 2 is 1.94 bits per heavy atom. The topological polar surface area (TPSA) is 86.5 Å². The van der Waals surface area contributed by atoms with E-state index in [0.717, 1.165) is 12.1 Å². The van der Waals surface area contributed by atoms with Crippen LogP contribution in [0.25, 0.3) is 0 Å². The predicted octanol–water partition coefficient (Wildman–Crippen LogP) is 2.78. The molecule has 11 heteroatoms. The van der Waals surface area contributed by atoms with E-state index >= 15 is 0 Å². The summed E-state index contributed by atoms with van der Waals surface area (Å²) in [6.07, 6.45) is 0. The molecule has 0 radical (unpaired) electrons. The summed E-state index contributed by atoms with van der Waals surface area (Å²) in [5, 5.41) is 10.0. The molecule has 1 aromatic carbocycles. The first-order chi connectivity index (χ1) is 8.14. The van der Waals surface area contributed by atoms with Crippen LogP contribution >= 0.6 is 22.3 Å². The molecule has 0 saturated heterocycles. The Balaban J connectivity index is 3.66. The second kappa shape index (κ2) is 5.21. The maximum atomic E-state index is 12.1. The van der Waals surface area contributed by atoms with E-state index in [2.05, 4.69) is 4.74 Å². The van der Waals surface area contributed by atoms with E-state index in [4.69, 9.17) is 22.3 Å². The Morgan fingerprint density at radius 1 is 1.39 bits per heavy atom. The predicted molar refractivity (Wildman–Crippen MR) is 57.8 cm³/mol. The van der Waals surface area contributed by atoms with E-state index in [1.165, 1.54) is 0 Å². The van der Waals surface area contributed by atoms with Crippen LogP contribution in [0.1, 0.15) is 0 Å². The zero-order valence-electron chi connectivity index (χ0n) is 8.14. The van der Waals surface area contributed by atoms with Crippen LogP contribution in [-0.4, -0.2) is 20.0 Å². The molecule has 0 N–H and O–H groups in total. The van der Waals surface area contributed by atoms with Crippen LogP contribution in [0, 0.1) is 10.1 Å². The first kappa shape index (κ1) is 14.9. The molecule has 6 nitrogen and oxygen atoms in total. The van der Waals surface area contributed by atoms with E-state index in [1.807, 2.05) is 0 Å². The van der Waals surface area contributed by atoms with Crippen molar-refractivity contribution < 1.29 is 26.9 Å². The number of halogens is 4. The Morgan fingerprint density at radius 3 is 2.33 bits per heavy atom. The summed E-state index contributed by atoms with van der Waals surface area (Å²) in [4.78, 5) is 8.43. The molecule has 0 spiro atoms. The van der Waals surface area contributed by atoms with Gasteiger partial charge < -0.3 is 4.74 Å². The fourth-order valence-electron chi connectivity index (χ4n) is 1.10. The van der Waals surface area contributed by atoms with Crippen LogP contribution in [0.15, 0.2) is 17.0 Å². The number of hydrogen-bond acceptors (Lipinski definition) is 5. The van der Waals surface area contributed by atoms with Gasteiger partial charge in [-0.05, 0) is 6.07 Å². The quantitative estimate of drug-likeness (QED) is 0.483. The van der Waals surface area contributed by atoms with Gasteiger partial charge in [0.15, 0.2) is 4.90 Å². The molecular weight excluding hydrogens is 319 g/mol.